The molecule has 3 nitrogen and oxygen atoms in total. The second-order valence-corrected chi connectivity index (χ2v) is 4.35. The Balaban J connectivity index is 1.76. The van der Waals surface area contributed by atoms with Crippen LogP contribution in [0.5, 0.6) is 5.75 Å². The molecule has 3 N–H and O–H groups in total. The van der Waals surface area contributed by atoms with Gasteiger partial charge in [0.2, 0.25) is 0 Å². The lowest BCUT2D eigenvalue weighted by Gasteiger charge is -2.36. The average Bonchev–Trinajstić information content (AvgIpc) is 2.19. The van der Waals surface area contributed by atoms with Crippen LogP contribution in [0.15, 0.2) is 24.3 Å². The summed E-state index contributed by atoms with van der Waals surface area (Å²) in [5, 5.41) is 22.2. The molecule has 1 aliphatic rings. The van der Waals surface area contributed by atoms with Gasteiger partial charge in [0.15, 0.2) is 0 Å². The van der Waals surface area contributed by atoms with Crippen molar-refractivity contribution in [2.75, 3.05) is 6.54 Å². The fourth-order valence-electron chi connectivity index (χ4n) is 1.81. The summed E-state index contributed by atoms with van der Waals surface area (Å²) in [6, 6.07) is 7.12. The Kier molecular flexibility index (Phi) is 2.93. The van der Waals surface area contributed by atoms with Crippen molar-refractivity contribution in [3.63, 3.8) is 0 Å². The predicted octanol–water partition coefficient (Wildman–Crippen LogP) is 1.40. The van der Waals surface area contributed by atoms with Crippen molar-refractivity contribution in [2.24, 2.45) is 0 Å². The number of rotatable bonds is 4. The standard InChI is InChI=1S/C12H17NO2/c14-11-4-2-10(3-5-11)8-13-9-12(15)6-1-7-12/h2-5,13-15H,1,6-9H2. The predicted molar refractivity (Wildman–Crippen MR) is 58.6 cm³/mol. The second kappa shape index (κ2) is 4.21. The Morgan fingerprint density at radius 1 is 1.20 bits per heavy atom. The van der Waals surface area contributed by atoms with E-state index in [0.717, 1.165) is 31.4 Å². The number of phenolic OH excluding ortho intramolecular Hbond substituents is 1. The van der Waals surface area contributed by atoms with Crippen LogP contribution in [0.25, 0.3) is 0 Å². The molecule has 0 aliphatic heterocycles. The average molecular weight is 207 g/mol. The number of hydrogen-bond acceptors (Lipinski definition) is 3. The lowest BCUT2D eigenvalue weighted by molar-refractivity contribution is -0.0314. The van der Waals surface area contributed by atoms with E-state index in [9.17, 15) is 5.11 Å². The summed E-state index contributed by atoms with van der Waals surface area (Å²) >= 11 is 0. The maximum absolute atomic E-state index is 9.83. The number of hydrogen-bond donors (Lipinski definition) is 3. The quantitative estimate of drug-likeness (QED) is 0.699. The molecule has 0 bridgehead atoms. The number of aromatic hydroxyl groups is 1. The third kappa shape index (κ3) is 2.70. The Labute approximate surface area is 89.8 Å². The molecule has 3 heteroatoms. The van der Waals surface area contributed by atoms with E-state index in [1.54, 1.807) is 12.1 Å². The molecule has 0 atom stereocenters. The van der Waals surface area contributed by atoms with Crippen molar-refractivity contribution < 1.29 is 10.2 Å². The maximum Gasteiger partial charge on any atom is 0.115 e. The topological polar surface area (TPSA) is 52.5 Å². The first kappa shape index (κ1) is 10.5. The van der Waals surface area contributed by atoms with Crippen molar-refractivity contribution in [3.8, 4) is 5.75 Å². The van der Waals surface area contributed by atoms with Crippen molar-refractivity contribution in [3.05, 3.63) is 29.8 Å². The second-order valence-electron chi connectivity index (χ2n) is 4.35. The summed E-state index contributed by atoms with van der Waals surface area (Å²) in [7, 11) is 0. The highest BCUT2D eigenvalue weighted by Gasteiger charge is 2.33. The normalized spacial score (nSPS) is 18.5. The van der Waals surface area contributed by atoms with Gasteiger partial charge in [0.25, 0.3) is 0 Å². The van der Waals surface area contributed by atoms with E-state index in [-0.39, 0.29) is 5.75 Å². The van der Waals surface area contributed by atoms with Crippen LogP contribution in [0.3, 0.4) is 0 Å². The summed E-state index contributed by atoms with van der Waals surface area (Å²) in [4.78, 5) is 0. The van der Waals surface area contributed by atoms with E-state index in [1.807, 2.05) is 12.1 Å². The minimum absolute atomic E-state index is 0.288. The smallest absolute Gasteiger partial charge is 0.115 e. The van der Waals surface area contributed by atoms with Gasteiger partial charge in [0, 0.05) is 13.1 Å². The van der Waals surface area contributed by atoms with Crippen molar-refractivity contribution in [1.82, 2.24) is 5.32 Å². The van der Waals surface area contributed by atoms with Crippen LogP contribution < -0.4 is 5.32 Å². The van der Waals surface area contributed by atoms with Crippen LogP contribution in [0.1, 0.15) is 24.8 Å². The van der Waals surface area contributed by atoms with Gasteiger partial charge in [0.05, 0.1) is 5.60 Å². The lowest BCUT2D eigenvalue weighted by Crippen LogP contribution is -2.45. The molecule has 0 spiro atoms. The van der Waals surface area contributed by atoms with Crippen molar-refractivity contribution in [2.45, 2.75) is 31.4 Å². The zero-order valence-electron chi connectivity index (χ0n) is 8.74. The van der Waals surface area contributed by atoms with Gasteiger partial charge in [-0.15, -0.1) is 0 Å². The molecule has 1 aromatic rings. The zero-order valence-corrected chi connectivity index (χ0v) is 8.74. The first-order valence-corrected chi connectivity index (χ1v) is 5.39. The molecule has 0 heterocycles. The van der Waals surface area contributed by atoms with E-state index in [4.69, 9.17) is 5.11 Å². The minimum Gasteiger partial charge on any atom is -0.508 e. The third-order valence-electron chi connectivity index (χ3n) is 3.00. The van der Waals surface area contributed by atoms with E-state index in [1.165, 1.54) is 0 Å². The Bertz CT molecular complexity index is 317. The monoisotopic (exact) mass is 207 g/mol. The number of benzene rings is 1. The Morgan fingerprint density at radius 3 is 2.40 bits per heavy atom. The van der Waals surface area contributed by atoms with Gasteiger partial charge in [-0.25, -0.2) is 0 Å². The minimum atomic E-state index is -0.461. The highest BCUT2D eigenvalue weighted by atomic mass is 16.3. The lowest BCUT2D eigenvalue weighted by atomic mass is 9.80. The van der Waals surface area contributed by atoms with Gasteiger partial charge < -0.3 is 15.5 Å². The van der Waals surface area contributed by atoms with Gasteiger partial charge in [-0.1, -0.05) is 12.1 Å². The van der Waals surface area contributed by atoms with Crippen LogP contribution in [0, 0.1) is 0 Å². The molecule has 2 rings (SSSR count). The van der Waals surface area contributed by atoms with Gasteiger partial charge >= 0.3 is 0 Å². The summed E-state index contributed by atoms with van der Waals surface area (Å²) < 4.78 is 0. The fraction of sp³-hybridized carbons (Fsp3) is 0.500. The molecule has 82 valence electrons. The first-order chi connectivity index (χ1) is 7.18. The van der Waals surface area contributed by atoms with E-state index in [2.05, 4.69) is 5.32 Å². The largest absolute Gasteiger partial charge is 0.508 e. The summed E-state index contributed by atoms with van der Waals surface area (Å²) in [5.41, 5.74) is 0.660. The molecule has 0 amide bonds. The number of nitrogens with one attached hydrogen (secondary N) is 1. The Hall–Kier alpha value is -1.06. The summed E-state index contributed by atoms with van der Waals surface area (Å²) in [6.45, 7) is 1.40. The third-order valence-corrected chi connectivity index (χ3v) is 3.00. The highest BCUT2D eigenvalue weighted by Crippen LogP contribution is 2.30. The van der Waals surface area contributed by atoms with Crippen LogP contribution in [0.4, 0.5) is 0 Å². The van der Waals surface area contributed by atoms with Gasteiger partial charge in [0.1, 0.15) is 5.75 Å². The molecule has 0 unspecified atom stereocenters. The molecule has 1 aromatic carbocycles. The van der Waals surface area contributed by atoms with Crippen LogP contribution in [0.2, 0.25) is 0 Å². The summed E-state index contributed by atoms with van der Waals surface area (Å²) in [5.74, 6) is 0.288. The van der Waals surface area contributed by atoms with E-state index in [0.29, 0.717) is 6.54 Å². The number of aliphatic hydroxyl groups is 1. The maximum atomic E-state index is 9.83. The molecule has 0 saturated heterocycles. The van der Waals surface area contributed by atoms with E-state index >= 15 is 0 Å². The highest BCUT2D eigenvalue weighted by molar-refractivity contribution is 5.25. The first-order valence-electron chi connectivity index (χ1n) is 5.39. The molecular formula is C12H17NO2. The van der Waals surface area contributed by atoms with Crippen LogP contribution in [-0.2, 0) is 6.54 Å². The fourth-order valence-corrected chi connectivity index (χ4v) is 1.81. The molecule has 1 fully saturated rings. The van der Waals surface area contributed by atoms with Gasteiger partial charge in [-0.05, 0) is 37.0 Å². The van der Waals surface area contributed by atoms with Crippen LogP contribution >= 0.6 is 0 Å². The molecule has 1 saturated carbocycles. The molecule has 0 aromatic heterocycles. The molecule has 15 heavy (non-hydrogen) atoms. The van der Waals surface area contributed by atoms with Crippen LogP contribution in [-0.4, -0.2) is 22.4 Å². The van der Waals surface area contributed by atoms with Gasteiger partial charge in [-0.3, -0.25) is 0 Å². The van der Waals surface area contributed by atoms with Crippen molar-refractivity contribution >= 4 is 0 Å². The molecule has 0 radical (unpaired) electrons. The zero-order chi connectivity index (χ0) is 10.7. The SMILES string of the molecule is Oc1ccc(CNCC2(O)CCC2)cc1. The Morgan fingerprint density at radius 2 is 1.87 bits per heavy atom. The van der Waals surface area contributed by atoms with Gasteiger partial charge in [-0.2, -0.15) is 0 Å². The summed E-state index contributed by atoms with van der Waals surface area (Å²) in [6.07, 6.45) is 2.96. The molecule has 1 aliphatic carbocycles. The van der Waals surface area contributed by atoms with Crippen molar-refractivity contribution in [1.29, 1.82) is 0 Å². The molecular weight excluding hydrogens is 190 g/mol. The number of phenols is 1. The van der Waals surface area contributed by atoms with E-state index < -0.39 is 5.60 Å².